The summed E-state index contributed by atoms with van der Waals surface area (Å²) in [6.45, 7) is 4.23. The molecule has 0 radical (unpaired) electrons. The van der Waals surface area contributed by atoms with E-state index in [0.29, 0.717) is 32.7 Å². The fourth-order valence-electron chi connectivity index (χ4n) is 2.67. The highest BCUT2D eigenvalue weighted by Crippen LogP contribution is 2.17. The third-order valence-electron chi connectivity index (χ3n) is 3.97. The number of nitrogens with zero attached hydrogens (tertiary/aromatic N) is 2. The maximum Gasteiger partial charge on any atom is 0.256 e. The van der Waals surface area contributed by atoms with E-state index in [1.165, 1.54) is 12.1 Å². The molecular weight excluding hydrogens is 321 g/mol. The lowest BCUT2D eigenvalue weighted by atomic mass is 10.1. The lowest BCUT2D eigenvalue weighted by Gasteiger charge is -2.36. The summed E-state index contributed by atoms with van der Waals surface area (Å²) >= 11 is 5.70. The molecule has 2 rings (SSSR count). The Labute approximate surface area is 140 Å². The Morgan fingerprint density at radius 2 is 1.87 bits per heavy atom. The first-order valence-corrected chi connectivity index (χ1v) is 7.99. The van der Waals surface area contributed by atoms with Gasteiger partial charge in [0, 0.05) is 43.7 Å². The highest BCUT2D eigenvalue weighted by Gasteiger charge is 2.28. The Hall–Kier alpha value is -1.66. The van der Waals surface area contributed by atoms with Crippen LogP contribution < -0.4 is 5.32 Å². The Morgan fingerprint density at radius 3 is 2.43 bits per heavy atom. The molecule has 1 aliphatic rings. The third kappa shape index (κ3) is 4.20. The molecule has 23 heavy (non-hydrogen) atoms. The summed E-state index contributed by atoms with van der Waals surface area (Å²) in [6, 6.07) is 4.03. The topological polar surface area (TPSA) is 52.7 Å². The fourth-order valence-corrected chi connectivity index (χ4v) is 2.83. The number of piperazine rings is 1. The highest BCUT2D eigenvalue weighted by molar-refractivity contribution is 6.30. The van der Waals surface area contributed by atoms with E-state index in [-0.39, 0.29) is 28.3 Å². The minimum Gasteiger partial charge on any atom is -0.339 e. The first-order valence-electron chi connectivity index (χ1n) is 7.61. The van der Waals surface area contributed by atoms with Crippen molar-refractivity contribution in [2.24, 2.45) is 5.92 Å². The van der Waals surface area contributed by atoms with Gasteiger partial charge in [0.25, 0.3) is 5.91 Å². The van der Waals surface area contributed by atoms with Crippen LogP contribution in [-0.4, -0.2) is 61.4 Å². The molecule has 1 atom stereocenters. The van der Waals surface area contributed by atoms with Crippen molar-refractivity contribution in [2.75, 3.05) is 39.8 Å². The van der Waals surface area contributed by atoms with E-state index >= 15 is 0 Å². The van der Waals surface area contributed by atoms with E-state index < -0.39 is 5.82 Å². The van der Waals surface area contributed by atoms with E-state index in [1.54, 1.807) is 16.8 Å². The Morgan fingerprint density at radius 1 is 1.26 bits per heavy atom. The van der Waals surface area contributed by atoms with Crippen LogP contribution in [0.1, 0.15) is 17.3 Å². The van der Waals surface area contributed by atoms with E-state index in [4.69, 9.17) is 11.6 Å². The van der Waals surface area contributed by atoms with Gasteiger partial charge in [0.15, 0.2) is 0 Å². The van der Waals surface area contributed by atoms with E-state index in [2.05, 4.69) is 5.32 Å². The van der Waals surface area contributed by atoms with Crippen LogP contribution in [0.5, 0.6) is 0 Å². The zero-order valence-electron chi connectivity index (χ0n) is 13.3. The summed E-state index contributed by atoms with van der Waals surface area (Å²) < 4.78 is 13.8. The average molecular weight is 342 g/mol. The molecule has 1 saturated heterocycles. The standard InChI is InChI=1S/C16H21ClFN3O2/c1-11(10-19-2)15(22)20-5-7-21(8-6-20)16(23)13-4-3-12(17)9-14(13)18/h3-4,9,11,19H,5-8,10H2,1-2H3. The summed E-state index contributed by atoms with van der Waals surface area (Å²) in [6.07, 6.45) is 0. The van der Waals surface area contributed by atoms with Crippen LogP contribution in [0.3, 0.4) is 0 Å². The molecule has 1 aliphatic heterocycles. The van der Waals surface area contributed by atoms with Crippen LogP contribution >= 0.6 is 11.6 Å². The molecule has 0 saturated carbocycles. The van der Waals surface area contributed by atoms with Gasteiger partial charge in [0.1, 0.15) is 5.82 Å². The van der Waals surface area contributed by atoms with Crippen molar-refractivity contribution < 1.29 is 14.0 Å². The number of carbonyl (C=O) groups is 2. The van der Waals surface area contributed by atoms with Crippen molar-refractivity contribution in [1.29, 1.82) is 0 Å². The van der Waals surface area contributed by atoms with Gasteiger partial charge >= 0.3 is 0 Å². The molecule has 1 fully saturated rings. The van der Waals surface area contributed by atoms with E-state index in [1.807, 2.05) is 6.92 Å². The molecule has 5 nitrogen and oxygen atoms in total. The molecule has 1 aromatic carbocycles. The van der Waals surface area contributed by atoms with Gasteiger partial charge < -0.3 is 15.1 Å². The maximum absolute atomic E-state index is 13.8. The molecule has 2 amide bonds. The molecule has 0 spiro atoms. The van der Waals surface area contributed by atoms with Gasteiger partial charge in [0.05, 0.1) is 5.56 Å². The SMILES string of the molecule is CNCC(C)C(=O)N1CCN(C(=O)c2ccc(Cl)cc2F)CC1. The number of benzene rings is 1. The molecule has 1 heterocycles. The van der Waals surface area contributed by atoms with Crippen molar-refractivity contribution >= 4 is 23.4 Å². The lowest BCUT2D eigenvalue weighted by molar-refractivity contribution is -0.136. The van der Waals surface area contributed by atoms with Crippen LogP contribution in [-0.2, 0) is 4.79 Å². The van der Waals surface area contributed by atoms with Crippen LogP contribution in [0, 0.1) is 11.7 Å². The molecule has 1 unspecified atom stereocenters. The second-order valence-corrected chi connectivity index (χ2v) is 6.14. The van der Waals surface area contributed by atoms with Gasteiger partial charge in [0.2, 0.25) is 5.91 Å². The molecule has 7 heteroatoms. The molecular formula is C16H21ClFN3O2. The summed E-state index contributed by atoms with van der Waals surface area (Å²) in [7, 11) is 1.81. The molecule has 1 N–H and O–H groups in total. The number of hydrogen-bond donors (Lipinski definition) is 1. The quantitative estimate of drug-likeness (QED) is 0.905. The summed E-state index contributed by atoms with van der Waals surface area (Å²) in [5.74, 6) is -1.02. The number of nitrogens with one attached hydrogen (secondary N) is 1. The minimum atomic E-state index is -0.622. The molecule has 0 aromatic heterocycles. The Bertz CT molecular complexity index is 589. The Kier molecular flexibility index (Phi) is 5.96. The predicted octanol–water partition coefficient (Wildman–Crippen LogP) is 1.62. The zero-order chi connectivity index (χ0) is 17.0. The van der Waals surface area contributed by atoms with E-state index in [9.17, 15) is 14.0 Å². The van der Waals surface area contributed by atoms with Gasteiger partial charge in [-0.2, -0.15) is 0 Å². The van der Waals surface area contributed by atoms with E-state index in [0.717, 1.165) is 6.07 Å². The number of amides is 2. The van der Waals surface area contributed by atoms with Crippen LogP contribution in [0.15, 0.2) is 18.2 Å². The second-order valence-electron chi connectivity index (χ2n) is 5.70. The molecule has 0 bridgehead atoms. The predicted molar refractivity (Wildman–Crippen MR) is 87.0 cm³/mol. The van der Waals surface area contributed by atoms with Crippen molar-refractivity contribution in [2.45, 2.75) is 6.92 Å². The average Bonchev–Trinajstić information content (AvgIpc) is 2.54. The monoisotopic (exact) mass is 341 g/mol. The van der Waals surface area contributed by atoms with Crippen molar-refractivity contribution in [3.05, 3.63) is 34.6 Å². The van der Waals surface area contributed by atoms with Gasteiger partial charge in [-0.05, 0) is 25.2 Å². The number of rotatable bonds is 4. The first kappa shape index (κ1) is 17.7. The smallest absolute Gasteiger partial charge is 0.256 e. The van der Waals surface area contributed by atoms with Crippen LogP contribution in [0.2, 0.25) is 5.02 Å². The third-order valence-corrected chi connectivity index (χ3v) is 4.21. The molecule has 126 valence electrons. The van der Waals surface area contributed by atoms with Crippen LogP contribution in [0.4, 0.5) is 4.39 Å². The van der Waals surface area contributed by atoms with Gasteiger partial charge in [-0.3, -0.25) is 9.59 Å². The zero-order valence-corrected chi connectivity index (χ0v) is 14.1. The van der Waals surface area contributed by atoms with Crippen molar-refractivity contribution in [3.63, 3.8) is 0 Å². The normalized spacial score (nSPS) is 16.3. The maximum atomic E-state index is 13.8. The van der Waals surface area contributed by atoms with Gasteiger partial charge in [-0.1, -0.05) is 18.5 Å². The minimum absolute atomic E-state index is 0.0118. The molecule has 0 aliphatic carbocycles. The largest absolute Gasteiger partial charge is 0.339 e. The summed E-state index contributed by atoms with van der Waals surface area (Å²) in [4.78, 5) is 27.9. The summed E-state index contributed by atoms with van der Waals surface area (Å²) in [5, 5.41) is 3.24. The number of carbonyl (C=O) groups excluding carboxylic acids is 2. The van der Waals surface area contributed by atoms with Crippen molar-refractivity contribution in [3.8, 4) is 0 Å². The fraction of sp³-hybridized carbons (Fsp3) is 0.500. The van der Waals surface area contributed by atoms with Crippen molar-refractivity contribution in [1.82, 2.24) is 15.1 Å². The number of hydrogen-bond acceptors (Lipinski definition) is 3. The first-order chi connectivity index (χ1) is 10.9. The second kappa shape index (κ2) is 7.75. The number of halogens is 2. The van der Waals surface area contributed by atoms with Crippen LogP contribution in [0.25, 0.3) is 0 Å². The molecule has 1 aromatic rings. The van der Waals surface area contributed by atoms with Gasteiger partial charge in [-0.15, -0.1) is 0 Å². The lowest BCUT2D eigenvalue weighted by Crippen LogP contribution is -2.52. The Balaban J connectivity index is 1.96. The van der Waals surface area contributed by atoms with Gasteiger partial charge in [-0.25, -0.2) is 4.39 Å². The summed E-state index contributed by atoms with van der Waals surface area (Å²) in [5.41, 5.74) is 0.0118. The highest BCUT2D eigenvalue weighted by atomic mass is 35.5.